The molecule has 0 aliphatic carbocycles. The molecule has 0 saturated carbocycles. The van der Waals surface area contributed by atoms with Crippen LogP contribution in [0.1, 0.15) is 10.4 Å². The Morgan fingerprint density at radius 1 is 0.909 bits per heavy atom. The second-order valence-electron chi connectivity index (χ2n) is 4.34. The maximum atomic E-state index is 12.0. The van der Waals surface area contributed by atoms with Gasteiger partial charge in [0.05, 0.1) is 12.7 Å². The van der Waals surface area contributed by atoms with Crippen LogP contribution in [0.25, 0.3) is 0 Å². The van der Waals surface area contributed by atoms with Crippen molar-refractivity contribution in [2.24, 2.45) is 0 Å². The lowest BCUT2D eigenvalue weighted by molar-refractivity contribution is -0.110. The molecule has 0 fully saturated rings. The van der Waals surface area contributed by atoms with Crippen molar-refractivity contribution in [2.45, 2.75) is 0 Å². The number of hydrogen-bond acceptors (Lipinski definition) is 4. The number of amides is 1. The summed E-state index contributed by atoms with van der Waals surface area (Å²) in [5.74, 6) is -0.858. The van der Waals surface area contributed by atoms with Crippen LogP contribution in [-0.2, 0) is 9.53 Å². The van der Waals surface area contributed by atoms with Crippen molar-refractivity contribution < 1.29 is 14.3 Å². The Balaban J connectivity index is 1.96. The van der Waals surface area contributed by atoms with Crippen LogP contribution < -0.4 is 10.6 Å². The van der Waals surface area contributed by atoms with Crippen LogP contribution in [0.3, 0.4) is 0 Å². The van der Waals surface area contributed by atoms with Crippen LogP contribution in [0.2, 0.25) is 0 Å². The van der Waals surface area contributed by atoms with Crippen molar-refractivity contribution >= 4 is 40.5 Å². The van der Waals surface area contributed by atoms with Gasteiger partial charge in [-0.2, -0.15) is 0 Å². The Morgan fingerprint density at radius 3 is 2.09 bits per heavy atom. The molecule has 22 heavy (non-hydrogen) atoms. The number of benzene rings is 2. The van der Waals surface area contributed by atoms with E-state index in [2.05, 4.69) is 15.4 Å². The van der Waals surface area contributed by atoms with Crippen molar-refractivity contribution in [3.05, 3.63) is 60.2 Å². The lowest BCUT2D eigenvalue weighted by Crippen LogP contribution is -2.27. The molecule has 0 spiro atoms. The van der Waals surface area contributed by atoms with Crippen molar-refractivity contribution in [1.82, 2.24) is 0 Å². The van der Waals surface area contributed by atoms with Crippen LogP contribution in [0.5, 0.6) is 0 Å². The fraction of sp³-hybridized carbons (Fsp3) is 0.0625. The van der Waals surface area contributed by atoms with Crippen LogP contribution in [0, 0.1) is 0 Å². The number of carbonyl (C=O) groups is 2. The second kappa shape index (κ2) is 7.33. The molecule has 2 rings (SSSR count). The quantitative estimate of drug-likeness (QED) is 0.673. The summed E-state index contributed by atoms with van der Waals surface area (Å²) in [4.78, 5) is 23.4. The number of anilines is 2. The summed E-state index contributed by atoms with van der Waals surface area (Å²) < 4.78 is 4.60. The van der Waals surface area contributed by atoms with E-state index in [4.69, 9.17) is 12.2 Å². The predicted molar refractivity (Wildman–Crippen MR) is 89.1 cm³/mol. The summed E-state index contributed by atoms with van der Waals surface area (Å²) in [7, 11) is 1.31. The number of hydrogen-bond donors (Lipinski definition) is 2. The van der Waals surface area contributed by atoms with E-state index in [0.717, 1.165) is 5.69 Å². The maximum absolute atomic E-state index is 12.0. The third kappa shape index (κ3) is 4.13. The van der Waals surface area contributed by atoms with Gasteiger partial charge in [0.2, 0.25) is 0 Å². The van der Waals surface area contributed by atoms with Crippen molar-refractivity contribution in [3.63, 3.8) is 0 Å². The minimum absolute atomic E-state index is 0.0586. The van der Waals surface area contributed by atoms with E-state index in [0.29, 0.717) is 11.3 Å². The zero-order chi connectivity index (χ0) is 15.9. The van der Waals surface area contributed by atoms with Gasteiger partial charge in [0.15, 0.2) is 4.99 Å². The molecule has 0 bridgehead atoms. The minimum Gasteiger partial charge on any atom is -0.465 e. The SMILES string of the molecule is COC(=O)c1ccc(NC(=O)C(=S)Nc2ccccc2)cc1. The van der Waals surface area contributed by atoms with E-state index in [1.807, 2.05) is 30.3 Å². The molecule has 2 aromatic carbocycles. The van der Waals surface area contributed by atoms with Gasteiger partial charge in [-0.15, -0.1) is 0 Å². The van der Waals surface area contributed by atoms with E-state index < -0.39 is 11.9 Å². The summed E-state index contributed by atoms with van der Waals surface area (Å²) in [6, 6.07) is 15.5. The van der Waals surface area contributed by atoms with E-state index in [9.17, 15) is 9.59 Å². The van der Waals surface area contributed by atoms with Crippen LogP contribution >= 0.6 is 12.2 Å². The molecule has 6 heteroatoms. The monoisotopic (exact) mass is 314 g/mol. The molecule has 1 amide bonds. The number of nitrogens with one attached hydrogen (secondary N) is 2. The Hall–Kier alpha value is -2.73. The van der Waals surface area contributed by atoms with E-state index >= 15 is 0 Å². The number of para-hydroxylation sites is 1. The zero-order valence-corrected chi connectivity index (χ0v) is 12.6. The summed E-state index contributed by atoms with van der Waals surface area (Å²) in [5.41, 5.74) is 1.68. The Kier molecular flexibility index (Phi) is 5.21. The predicted octanol–water partition coefficient (Wildman–Crippen LogP) is 2.85. The molecule has 5 nitrogen and oxygen atoms in total. The molecule has 0 aliphatic heterocycles. The van der Waals surface area contributed by atoms with Gasteiger partial charge in [0, 0.05) is 11.4 Å². The van der Waals surface area contributed by atoms with Gasteiger partial charge < -0.3 is 15.4 Å². The van der Waals surface area contributed by atoms with Crippen molar-refractivity contribution in [3.8, 4) is 0 Å². The average molecular weight is 314 g/mol. The normalized spacial score (nSPS) is 9.68. The van der Waals surface area contributed by atoms with Gasteiger partial charge in [0.25, 0.3) is 5.91 Å². The first kappa shape index (κ1) is 15.7. The first-order valence-corrected chi connectivity index (χ1v) is 6.87. The van der Waals surface area contributed by atoms with Gasteiger partial charge in [-0.05, 0) is 36.4 Å². The number of esters is 1. The lowest BCUT2D eigenvalue weighted by atomic mass is 10.2. The molecule has 0 heterocycles. The second-order valence-corrected chi connectivity index (χ2v) is 4.75. The van der Waals surface area contributed by atoms with Crippen LogP contribution in [0.4, 0.5) is 11.4 Å². The van der Waals surface area contributed by atoms with E-state index in [1.54, 1.807) is 24.3 Å². The molecule has 0 saturated heterocycles. The van der Waals surface area contributed by atoms with E-state index in [-0.39, 0.29) is 4.99 Å². The number of methoxy groups -OCH3 is 1. The molecule has 0 unspecified atom stereocenters. The van der Waals surface area contributed by atoms with Gasteiger partial charge in [-0.1, -0.05) is 30.4 Å². The van der Waals surface area contributed by atoms with Crippen LogP contribution in [0.15, 0.2) is 54.6 Å². The standard InChI is InChI=1S/C16H14N2O3S/c1-21-16(20)11-7-9-13(10-8-11)17-14(19)15(22)18-12-5-3-2-4-6-12/h2-10H,1H3,(H,17,19)(H,18,22). The Bertz CT molecular complexity index is 684. The first-order valence-electron chi connectivity index (χ1n) is 6.46. The molecule has 2 N–H and O–H groups in total. The molecular formula is C16H14N2O3S. The summed E-state index contributed by atoms with van der Waals surface area (Å²) >= 11 is 5.05. The molecule has 0 atom stereocenters. The minimum atomic E-state index is -0.431. The number of rotatable bonds is 3. The molecule has 2 aromatic rings. The maximum Gasteiger partial charge on any atom is 0.337 e. The van der Waals surface area contributed by atoms with Gasteiger partial charge in [0.1, 0.15) is 0 Å². The molecule has 0 aromatic heterocycles. The largest absolute Gasteiger partial charge is 0.465 e. The third-order valence-corrected chi connectivity index (χ3v) is 3.09. The fourth-order valence-corrected chi connectivity index (χ4v) is 1.87. The van der Waals surface area contributed by atoms with Crippen molar-refractivity contribution in [1.29, 1.82) is 0 Å². The Labute approximate surface area is 133 Å². The molecular weight excluding hydrogens is 300 g/mol. The topological polar surface area (TPSA) is 67.4 Å². The highest BCUT2D eigenvalue weighted by Crippen LogP contribution is 2.11. The number of carbonyl (C=O) groups excluding carboxylic acids is 2. The fourth-order valence-electron chi connectivity index (χ4n) is 1.70. The summed E-state index contributed by atoms with van der Waals surface area (Å²) in [6.45, 7) is 0. The number of ether oxygens (including phenoxy) is 1. The highest BCUT2D eigenvalue weighted by molar-refractivity contribution is 7.82. The molecule has 112 valence electrons. The lowest BCUT2D eigenvalue weighted by Gasteiger charge is -2.09. The highest BCUT2D eigenvalue weighted by Gasteiger charge is 2.10. The average Bonchev–Trinajstić information content (AvgIpc) is 2.55. The first-order chi connectivity index (χ1) is 10.6. The van der Waals surface area contributed by atoms with Crippen LogP contribution in [-0.4, -0.2) is 24.0 Å². The van der Waals surface area contributed by atoms with Gasteiger partial charge >= 0.3 is 5.97 Å². The molecule has 0 aliphatic rings. The van der Waals surface area contributed by atoms with E-state index in [1.165, 1.54) is 7.11 Å². The highest BCUT2D eigenvalue weighted by atomic mass is 32.1. The summed E-state index contributed by atoms with van der Waals surface area (Å²) in [5, 5.41) is 5.50. The molecule has 0 radical (unpaired) electrons. The smallest absolute Gasteiger partial charge is 0.337 e. The number of thiocarbonyl (C=S) groups is 1. The van der Waals surface area contributed by atoms with Gasteiger partial charge in [-0.3, -0.25) is 4.79 Å². The van der Waals surface area contributed by atoms with Crippen molar-refractivity contribution in [2.75, 3.05) is 17.7 Å². The summed E-state index contributed by atoms with van der Waals surface area (Å²) in [6.07, 6.45) is 0. The third-order valence-electron chi connectivity index (χ3n) is 2.80. The van der Waals surface area contributed by atoms with Gasteiger partial charge in [-0.25, -0.2) is 4.79 Å². The Morgan fingerprint density at radius 2 is 1.50 bits per heavy atom. The zero-order valence-electron chi connectivity index (χ0n) is 11.8.